The summed E-state index contributed by atoms with van der Waals surface area (Å²) in [7, 11) is 1.64. The Kier molecular flexibility index (Phi) is 3.39. The lowest BCUT2D eigenvalue weighted by Gasteiger charge is -2.17. The van der Waals surface area contributed by atoms with Crippen molar-refractivity contribution in [3.8, 4) is 0 Å². The predicted octanol–water partition coefficient (Wildman–Crippen LogP) is 3.12. The lowest BCUT2D eigenvalue weighted by molar-refractivity contribution is -0.116. The van der Waals surface area contributed by atoms with E-state index in [1.807, 2.05) is 0 Å². The minimum atomic E-state index is -0.421. The van der Waals surface area contributed by atoms with Crippen molar-refractivity contribution < 1.29 is 9.18 Å². The molecular weight excluding hydrogens is 283 g/mol. The molecule has 2 aromatic carbocycles. The highest BCUT2D eigenvalue weighted by Gasteiger charge is 2.26. The Morgan fingerprint density at radius 2 is 2.00 bits per heavy atom. The predicted molar refractivity (Wildman–Crippen MR) is 81.5 cm³/mol. The van der Waals surface area contributed by atoms with E-state index < -0.39 is 5.82 Å². The number of benzodiazepines with no additional fused rings is 1. The molecule has 0 bridgehead atoms. The summed E-state index contributed by atoms with van der Waals surface area (Å²) in [4.78, 5) is 20.9. The normalized spacial score (nSPS) is 14.0. The molecule has 0 aromatic heterocycles. The van der Waals surface area contributed by atoms with Crippen LogP contribution < -0.4 is 4.90 Å². The molecule has 0 unspecified atom stereocenters. The second-order valence-electron chi connectivity index (χ2n) is 4.90. The van der Waals surface area contributed by atoms with Crippen LogP contribution in [0.1, 0.15) is 11.1 Å². The fourth-order valence-electron chi connectivity index (χ4n) is 2.42. The smallest absolute Gasteiger partial charge is 0.313 e. The first kappa shape index (κ1) is 13.9. The van der Waals surface area contributed by atoms with Gasteiger partial charge in [0.05, 0.1) is 11.4 Å². The minimum Gasteiger partial charge on any atom is -0.313 e. The highest BCUT2D eigenvalue weighted by Crippen LogP contribution is 2.30. The van der Waals surface area contributed by atoms with E-state index in [9.17, 15) is 9.18 Å². The van der Waals surface area contributed by atoms with Crippen LogP contribution in [0.4, 0.5) is 15.8 Å². The van der Waals surface area contributed by atoms with Crippen molar-refractivity contribution in [3.63, 3.8) is 0 Å². The number of diazo groups is 1. The molecule has 1 amide bonds. The van der Waals surface area contributed by atoms with E-state index in [4.69, 9.17) is 5.39 Å². The molecule has 1 aliphatic heterocycles. The van der Waals surface area contributed by atoms with Crippen molar-refractivity contribution in [2.45, 2.75) is 0 Å². The minimum absolute atomic E-state index is 0.0690. The van der Waals surface area contributed by atoms with E-state index in [1.54, 1.807) is 43.4 Å². The van der Waals surface area contributed by atoms with Gasteiger partial charge in [0.2, 0.25) is 11.3 Å². The lowest BCUT2D eigenvalue weighted by atomic mass is 9.99. The number of carbonyl (C=O) groups excluding carboxylic acids is 1. The van der Waals surface area contributed by atoms with Crippen molar-refractivity contribution >= 4 is 23.0 Å². The molecule has 2 aromatic rings. The molecule has 0 N–H and O–H groups in total. The zero-order valence-corrected chi connectivity index (χ0v) is 11.8. The zero-order valence-electron chi connectivity index (χ0n) is 11.8. The quantitative estimate of drug-likeness (QED) is 0.759. The van der Waals surface area contributed by atoms with Crippen LogP contribution in [0.3, 0.4) is 0 Å². The van der Waals surface area contributed by atoms with Crippen LogP contribution in [0.25, 0.3) is 4.98 Å². The molecule has 1 heterocycles. The molecule has 3 rings (SSSR count). The summed E-state index contributed by atoms with van der Waals surface area (Å²) in [5.41, 5.74) is 2.13. The first-order valence-electron chi connectivity index (χ1n) is 6.67. The third-order valence-corrected chi connectivity index (χ3v) is 3.59. The van der Waals surface area contributed by atoms with Gasteiger partial charge in [-0.3, -0.25) is 9.79 Å². The maximum Gasteiger partial charge on any atom is 0.385 e. The van der Waals surface area contributed by atoms with Gasteiger partial charge in [-0.05, 0) is 18.2 Å². The summed E-state index contributed by atoms with van der Waals surface area (Å²) in [6.45, 7) is -0.0690. The second-order valence-corrected chi connectivity index (χ2v) is 4.90. The van der Waals surface area contributed by atoms with Gasteiger partial charge < -0.3 is 4.90 Å². The molecule has 0 fully saturated rings. The highest BCUT2D eigenvalue weighted by atomic mass is 19.1. The van der Waals surface area contributed by atoms with Crippen molar-refractivity contribution in [3.05, 3.63) is 64.4 Å². The van der Waals surface area contributed by atoms with Crippen LogP contribution in [0.15, 0.2) is 47.5 Å². The number of hydrogen-bond acceptors (Lipinski definition) is 3. The maximum atomic E-state index is 14.1. The summed E-state index contributed by atoms with van der Waals surface area (Å²) in [6, 6.07) is 11.1. The number of carbonyl (C=O) groups is 1. The van der Waals surface area contributed by atoms with Crippen LogP contribution >= 0.6 is 0 Å². The number of amides is 1. The number of benzene rings is 2. The first-order valence-corrected chi connectivity index (χ1v) is 6.67. The molecule has 0 radical (unpaired) electrons. The summed E-state index contributed by atoms with van der Waals surface area (Å²) in [5.74, 6) is -0.614. The van der Waals surface area contributed by atoms with E-state index in [2.05, 4.69) is 9.97 Å². The van der Waals surface area contributed by atoms with Gasteiger partial charge >= 0.3 is 5.69 Å². The number of hydrogen-bond donors (Lipinski definition) is 0. The number of halogens is 1. The number of nitrogens with zero attached hydrogens (tertiary/aromatic N) is 4. The molecule has 0 spiro atoms. The van der Waals surface area contributed by atoms with E-state index in [-0.39, 0.29) is 12.5 Å². The number of fused-ring (bicyclic) bond motifs is 1. The first-order chi connectivity index (χ1) is 10.6. The topological polar surface area (TPSA) is 60.8 Å². The average Bonchev–Trinajstić information content (AvgIpc) is 2.66. The second kappa shape index (κ2) is 5.37. The van der Waals surface area contributed by atoms with Gasteiger partial charge in [-0.2, -0.15) is 0 Å². The largest absolute Gasteiger partial charge is 0.385 e. The fourth-order valence-corrected chi connectivity index (χ4v) is 2.42. The standard InChI is InChI=1S/C16H12FN4O/c1-21-14-7-6-10(20-18)8-12(14)16(19-9-15(21)22)11-4-2-3-5-13(11)17/h2-8H,9H2,1H3/q+1. The summed E-state index contributed by atoms with van der Waals surface area (Å²) in [5, 5.41) is 8.97. The highest BCUT2D eigenvalue weighted by molar-refractivity contribution is 6.20. The fraction of sp³-hybridized carbons (Fsp3) is 0.125. The zero-order chi connectivity index (χ0) is 15.7. The van der Waals surface area contributed by atoms with Crippen LogP contribution in [-0.2, 0) is 4.79 Å². The third kappa shape index (κ3) is 2.23. The van der Waals surface area contributed by atoms with Crippen LogP contribution in [0.5, 0.6) is 0 Å². The molecular formula is C16H12FN4O+. The van der Waals surface area contributed by atoms with Gasteiger partial charge in [-0.25, -0.2) is 4.39 Å². The summed E-state index contributed by atoms with van der Waals surface area (Å²) < 4.78 is 14.1. The molecule has 22 heavy (non-hydrogen) atoms. The average molecular weight is 295 g/mol. The van der Waals surface area contributed by atoms with Crippen LogP contribution in [0, 0.1) is 11.2 Å². The Morgan fingerprint density at radius 1 is 1.23 bits per heavy atom. The molecule has 0 aliphatic carbocycles. The lowest BCUT2D eigenvalue weighted by Crippen LogP contribution is -2.27. The number of rotatable bonds is 1. The molecule has 0 atom stereocenters. The van der Waals surface area contributed by atoms with Gasteiger partial charge in [-0.1, -0.05) is 12.1 Å². The Labute approximate surface area is 126 Å². The van der Waals surface area contributed by atoms with E-state index >= 15 is 0 Å². The molecule has 5 nitrogen and oxygen atoms in total. The van der Waals surface area contributed by atoms with Crippen LogP contribution in [-0.4, -0.2) is 25.2 Å². The number of anilines is 1. The third-order valence-electron chi connectivity index (χ3n) is 3.59. The van der Waals surface area contributed by atoms with E-state index in [1.165, 1.54) is 11.0 Å². The van der Waals surface area contributed by atoms with Gasteiger partial charge in [-0.15, -0.1) is 0 Å². The SMILES string of the molecule is CN1C(=O)CN=C(c2ccccc2F)c2cc([N+]#N)ccc21. The Balaban J connectivity index is 2.28. The molecule has 6 heteroatoms. The van der Waals surface area contributed by atoms with E-state index in [0.717, 1.165) is 0 Å². The van der Waals surface area contributed by atoms with Gasteiger partial charge in [0.1, 0.15) is 12.4 Å². The summed E-state index contributed by atoms with van der Waals surface area (Å²) in [6.07, 6.45) is 0. The maximum absolute atomic E-state index is 14.1. The Bertz CT molecular complexity index is 838. The van der Waals surface area contributed by atoms with Crippen molar-refractivity contribution in [2.75, 3.05) is 18.5 Å². The van der Waals surface area contributed by atoms with Gasteiger partial charge in [0.15, 0.2) is 4.98 Å². The molecule has 0 saturated heterocycles. The molecule has 108 valence electrons. The van der Waals surface area contributed by atoms with Crippen molar-refractivity contribution in [1.29, 1.82) is 5.39 Å². The van der Waals surface area contributed by atoms with Crippen molar-refractivity contribution in [2.24, 2.45) is 4.99 Å². The Morgan fingerprint density at radius 3 is 2.73 bits per heavy atom. The van der Waals surface area contributed by atoms with E-state index in [0.29, 0.717) is 28.2 Å². The van der Waals surface area contributed by atoms with Crippen LogP contribution in [0.2, 0.25) is 0 Å². The van der Waals surface area contributed by atoms with Crippen molar-refractivity contribution in [1.82, 2.24) is 0 Å². The Hall–Kier alpha value is -3.07. The monoisotopic (exact) mass is 295 g/mol. The van der Waals surface area contributed by atoms with Gasteiger partial charge in [0, 0.05) is 30.3 Å². The number of aliphatic imine (C=N–C) groups is 1. The summed E-state index contributed by atoms with van der Waals surface area (Å²) >= 11 is 0. The number of likely N-dealkylation sites (N-methyl/N-ethyl adjacent to an activating group) is 1. The molecule has 1 aliphatic rings. The molecule has 0 saturated carbocycles. The van der Waals surface area contributed by atoms with Gasteiger partial charge in [0.25, 0.3) is 0 Å².